The molecule has 0 saturated heterocycles. The number of rotatable bonds is 5. The number of aryl methyl sites for hydroxylation is 2. The lowest BCUT2D eigenvalue weighted by molar-refractivity contribution is 0.0952. The first-order chi connectivity index (χ1) is 9.16. The largest absolute Gasteiger partial charge is 0.352 e. The van der Waals surface area contributed by atoms with Crippen LogP contribution in [0.3, 0.4) is 0 Å². The minimum atomic E-state index is -0.00460. The van der Waals surface area contributed by atoms with Crippen molar-refractivity contribution in [1.82, 2.24) is 14.9 Å². The van der Waals surface area contributed by atoms with Gasteiger partial charge in [0.2, 0.25) is 0 Å². The van der Waals surface area contributed by atoms with E-state index in [4.69, 9.17) is 0 Å². The monoisotopic (exact) mass is 369 g/mol. The molecule has 1 N–H and O–H groups in total. The van der Waals surface area contributed by atoms with Crippen LogP contribution in [0.5, 0.6) is 0 Å². The van der Waals surface area contributed by atoms with Crippen LogP contribution in [0.4, 0.5) is 0 Å². The fourth-order valence-corrected chi connectivity index (χ4v) is 2.70. The second-order valence-electron chi connectivity index (χ2n) is 4.39. The maximum absolute atomic E-state index is 12.0. The van der Waals surface area contributed by atoms with E-state index >= 15 is 0 Å². The Morgan fingerprint density at radius 1 is 1.47 bits per heavy atom. The van der Waals surface area contributed by atoms with Crippen LogP contribution < -0.4 is 5.32 Å². The predicted octanol–water partition coefficient (Wildman–Crippen LogP) is 2.62. The van der Waals surface area contributed by atoms with Crippen LogP contribution >= 0.6 is 22.6 Å². The summed E-state index contributed by atoms with van der Waals surface area (Å²) in [5.41, 5.74) is 1.91. The Labute approximate surface area is 126 Å². The van der Waals surface area contributed by atoms with Crippen molar-refractivity contribution < 1.29 is 4.79 Å². The van der Waals surface area contributed by atoms with Crippen LogP contribution in [0.15, 0.2) is 36.9 Å². The topological polar surface area (TPSA) is 46.9 Å². The van der Waals surface area contributed by atoms with Crippen LogP contribution in [0.25, 0.3) is 0 Å². The van der Waals surface area contributed by atoms with E-state index in [-0.39, 0.29) is 5.91 Å². The highest BCUT2D eigenvalue weighted by atomic mass is 127. The SMILES string of the molecule is Cc1ccc(C(=O)NCCCn2ccnc2)c(I)c1. The van der Waals surface area contributed by atoms with Crippen molar-refractivity contribution in [3.63, 3.8) is 0 Å². The lowest BCUT2D eigenvalue weighted by Crippen LogP contribution is -2.26. The van der Waals surface area contributed by atoms with E-state index in [1.807, 2.05) is 35.9 Å². The third-order valence-electron chi connectivity index (χ3n) is 2.81. The number of nitrogens with one attached hydrogen (secondary N) is 1. The van der Waals surface area contributed by atoms with Crippen molar-refractivity contribution in [3.05, 3.63) is 51.6 Å². The average Bonchev–Trinajstić information content (AvgIpc) is 2.87. The van der Waals surface area contributed by atoms with Gasteiger partial charge in [-0.05, 0) is 48.1 Å². The lowest BCUT2D eigenvalue weighted by Gasteiger charge is -2.08. The van der Waals surface area contributed by atoms with E-state index in [9.17, 15) is 4.79 Å². The average molecular weight is 369 g/mol. The second-order valence-corrected chi connectivity index (χ2v) is 5.56. The minimum Gasteiger partial charge on any atom is -0.352 e. The molecule has 0 aliphatic carbocycles. The number of hydrogen-bond acceptors (Lipinski definition) is 2. The van der Waals surface area contributed by atoms with Crippen molar-refractivity contribution in [1.29, 1.82) is 0 Å². The number of carbonyl (C=O) groups is 1. The van der Waals surface area contributed by atoms with Gasteiger partial charge in [-0.1, -0.05) is 11.6 Å². The van der Waals surface area contributed by atoms with Crippen LogP contribution in [-0.2, 0) is 6.54 Å². The zero-order valence-corrected chi connectivity index (χ0v) is 12.9. The van der Waals surface area contributed by atoms with Crippen molar-refractivity contribution in [3.8, 4) is 0 Å². The van der Waals surface area contributed by atoms with E-state index in [0.717, 1.165) is 22.1 Å². The summed E-state index contributed by atoms with van der Waals surface area (Å²) in [6.07, 6.45) is 6.35. The summed E-state index contributed by atoms with van der Waals surface area (Å²) < 4.78 is 2.99. The second kappa shape index (κ2) is 6.70. The number of amides is 1. The standard InChI is InChI=1S/C14H16IN3O/c1-11-3-4-12(13(15)9-11)14(19)17-5-2-7-18-8-6-16-10-18/h3-4,6,8-10H,2,5,7H2,1H3,(H,17,19). The molecule has 1 aromatic heterocycles. The maximum atomic E-state index is 12.0. The summed E-state index contributed by atoms with van der Waals surface area (Å²) in [7, 11) is 0. The summed E-state index contributed by atoms with van der Waals surface area (Å²) in [4.78, 5) is 16.0. The maximum Gasteiger partial charge on any atom is 0.252 e. The van der Waals surface area contributed by atoms with Gasteiger partial charge in [0, 0.05) is 29.1 Å². The Morgan fingerprint density at radius 2 is 2.32 bits per heavy atom. The Balaban J connectivity index is 1.81. The van der Waals surface area contributed by atoms with Gasteiger partial charge in [0.1, 0.15) is 0 Å². The molecule has 0 atom stereocenters. The molecule has 1 heterocycles. The molecule has 0 bridgehead atoms. The van der Waals surface area contributed by atoms with Gasteiger partial charge >= 0.3 is 0 Å². The highest BCUT2D eigenvalue weighted by Crippen LogP contribution is 2.14. The fraction of sp³-hybridized carbons (Fsp3) is 0.286. The van der Waals surface area contributed by atoms with Gasteiger partial charge in [-0.15, -0.1) is 0 Å². The molecule has 0 aliphatic heterocycles. The zero-order valence-electron chi connectivity index (χ0n) is 10.8. The molecule has 0 spiro atoms. The van der Waals surface area contributed by atoms with Gasteiger partial charge in [-0.3, -0.25) is 4.79 Å². The van der Waals surface area contributed by atoms with Crippen LogP contribution in [0, 0.1) is 10.5 Å². The first kappa shape index (κ1) is 14.0. The smallest absolute Gasteiger partial charge is 0.252 e. The molecule has 1 aromatic carbocycles. The molecule has 0 fully saturated rings. The predicted molar refractivity (Wildman–Crippen MR) is 83.1 cm³/mol. The normalized spacial score (nSPS) is 10.4. The van der Waals surface area contributed by atoms with Crippen molar-refractivity contribution >= 4 is 28.5 Å². The number of imidazole rings is 1. The molecule has 19 heavy (non-hydrogen) atoms. The summed E-state index contributed by atoms with van der Waals surface area (Å²) >= 11 is 2.20. The van der Waals surface area contributed by atoms with E-state index in [0.29, 0.717) is 6.54 Å². The molecule has 100 valence electrons. The lowest BCUT2D eigenvalue weighted by atomic mass is 10.1. The fourth-order valence-electron chi connectivity index (χ4n) is 1.78. The third-order valence-corrected chi connectivity index (χ3v) is 3.70. The van der Waals surface area contributed by atoms with E-state index < -0.39 is 0 Å². The first-order valence-corrected chi connectivity index (χ1v) is 7.25. The third kappa shape index (κ3) is 4.05. The van der Waals surface area contributed by atoms with Crippen molar-refractivity contribution in [2.75, 3.05) is 6.54 Å². The molecule has 0 aliphatic rings. The highest BCUT2D eigenvalue weighted by molar-refractivity contribution is 14.1. The number of halogens is 1. The number of carbonyl (C=O) groups excluding carboxylic acids is 1. The van der Waals surface area contributed by atoms with Crippen molar-refractivity contribution in [2.24, 2.45) is 0 Å². The summed E-state index contributed by atoms with van der Waals surface area (Å²) in [5.74, 6) is -0.00460. The molecule has 0 saturated carbocycles. The van der Waals surface area contributed by atoms with Gasteiger partial charge in [0.25, 0.3) is 5.91 Å². The molecule has 4 nitrogen and oxygen atoms in total. The van der Waals surface area contributed by atoms with Gasteiger partial charge in [0.15, 0.2) is 0 Å². The number of benzene rings is 1. The van der Waals surface area contributed by atoms with Gasteiger partial charge < -0.3 is 9.88 Å². The molecule has 2 aromatic rings. The van der Waals surface area contributed by atoms with E-state index in [2.05, 4.69) is 32.9 Å². The van der Waals surface area contributed by atoms with Crippen LogP contribution in [0.2, 0.25) is 0 Å². The molecular weight excluding hydrogens is 353 g/mol. The molecule has 5 heteroatoms. The highest BCUT2D eigenvalue weighted by Gasteiger charge is 2.08. The van der Waals surface area contributed by atoms with E-state index in [1.54, 1.807) is 12.5 Å². The Hall–Kier alpha value is -1.37. The van der Waals surface area contributed by atoms with Gasteiger partial charge in [0.05, 0.1) is 11.9 Å². The zero-order chi connectivity index (χ0) is 13.7. The number of nitrogens with zero attached hydrogens (tertiary/aromatic N) is 2. The molecule has 2 rings (SSSR count). The van der Waals surface area contributed by atoms with Gasteiger partial charge in [-0.25, -0.2) is 4.98 Å². The molecule has 0 radical (unpaired) electrons. The first-order valence-electron chi connectivity index (χ1n) is 6.17. The summed E-state index contributed by atoms with van der Waals surface area (Å²) in [6.45, 7) is 3.56. The minimum absolute atomic E-state index is 0.00460. The Bertz CT molecular complexity index is 552. The Morgan fingerprint density at radius 3 is 3.00 bits per heavy atom. The molecule has 1 amide bonds. The summed E-state index contributed by atoms with van der Waals surface area (Å²) in [6, 6.07) is 5.85. The Kier molecular flexibility index (Phi) is 4.95. The quantitative estimate of drug-likeness (QED) is 0.651. The molecular formula is C14H16IN3O. The number of aromatic nitrogens is 2. The van der Waals surface area contributed by atoms with Crippen LogP contribution in [-0.4, -0.2) is 22.0 Å². The van der Waals surface area contributed by atoms with E-state index in [1.165, 1.54) is 5.56 Å². The van der Waals surface area contributed by atoms with Crippen molar-refractivity contribution in [2.45, 2.75) is 19.9 Å². The van der Waals surface area contributed by atoms with Gasteiger partial charge in [-0.2, -0.15) is 0 Å². The number of hydrogen-bond donors (Lipinski definition) is 1. The summed E-state index contributed by atoms with van der Waals surface area (Å²) in [5, 5.41) is 2.94. The van der Waals surface area contributed by atoms with Crippen LogP contribution in [0.1, 0.15) is 22.3 Å². The molecule has 0 unspecified atom stereocenters.